The first-order chi connectivity index (χ1) is 27.8. The lowest BCUT2D eigenvalue weighted by Crippen LogP contribution is -2.51. The summed E-state index contributed by atoms with van der Waals surface area (Å²) in [5, 5.41) is 6.24. The van der Waals surface area contributed by atoms with Crippen molar-refractivity contribution in [3.63, 3.8) is 0 Å². The molecule has 2 fully saturated rings. The lowest BCUT2D eigenvalue weighted by molar-refractivity contribution is -0.135. The van der Waals surface area contributed by atoms with Gasteiger partial charge in [-0.15, -0.1) is 0 Å². The van der Waals surface area contributed by atoms with E-state index in [1.54, 1.807) is 46.5 Å². The molecule has 0 bridgehead atoms. The number of halogens is 1. The quantitative estimate of drug-likeness (QED) is 0.0912. The number of methoxy groups -OCH3 is 2. The number of alkyl carbamates (subject to hydrolysis) is 2. The van der Waals surface area contributed by atoms with Crippen molar-refractivity contribution in [3.8, 4) is 22.5 Å². The first-order valence-corrected chi connectivity index (χ1v) is 21.4. The molecule has 2 aliphatic rings. The number of hydrogen-bond donors (Lipinski definition) is 4. The Labute approximate surface area is 339 Å². The van der Waals surface area contributed by atoms with Crippen molar-refractivity contribution in [2.24, 2.45) is 5.92 Å². The number of nitrogens with zero attached hydrogens (tertiary/aromatic N) is 4. The zero-order valence-corrected chi connectivity index (χ0v) is 34.4. The number of fused-ring (bicyclic) bond motifs is 2. The number of carbonyl (C=O) groups excluding carboxylic acids is 4. The summed E-state index contributed by atoms with van der Waals surface area (Å²) in [5.74, 6) is -0.246. The fourth-order valence-corrected chi connectivity index (χ4v) is 8.86. The normalized spacial score (nSPS) is 18.1. The minimum absolute atomic E-state index is 0.166. The predicted molar refractivity (Wildman–Crippen MR) is 221 cm³/mol. The van der Waals surface area contributed by atoms with Crippen molar-refractivity contribution in [1.29, 1.82) is 0 Å². The Morgan fingerprint density at radius 3 is 2.09 bits per heavy atom. The van der Waals surface area contributed by atoms with Crippen LogP contribution in [0.15, 0.2) is 51.9 Å². The standard InChI is InChI=1S/C40H44ClN8O8P/c1-20(2)32(46-39(53)55-3)37(51)48-13-7-9-28(48)35-43-19-27(45-35)22-17-31-24(16-25(22)41)33(50)23-15-21(11-12-30(23)57-31)26-18-42-34(44-26)29-10-8-14-49(29)38(52)36(58(5)6)47-40(54)56-4/h11-12,15-20,28-29,32,36H,5,7-10,13-14H2,1-4,6H3,(H3-,42,43,44,45,46,47,50,53,54)/p+1. The molecule has 304 valence electrons. The number of amides is 4. The Bertz CT molecular complexity index is 2500. The van der Waals surface area contributed by atoms with Crippen LogP contribution in [-0.2, 0) is 19.1 Å². The SMILES string of the molecule is C=[P+](C)C(NC(=O)OC)C(=O)N1CCCC1c1ncc(-c2ccc3oc4cc(-c5cnc(C6CCCN6C(=O)C(NC(=O)OC)C(C)C)[nH]5)c(Cl)cc4c(=O)c3c2)[nH]1. The van der Waals surface area contributed by atoms with Gasteiger partial charge < -0.3 is 39.0 Å². The molecule has 0 radical (unpaired) electrons. The number of ether oxygens (including phenoxy) is 2. The second-order valence-corrected chi connectivity index (χ2v) is 17.3. The molecule has 5 heterocycles. The summed E-state index contributed by atoms with van der Waals surface area (Å²) in [5.41, 5.74) is 2.95. The number of aromatic nitrogens is 4. The van der Waals surface area contributed by atoms with Crippen molar-refractivity contribution in [3.05, 3.63) is 69.6 Å². The van der Waals surface area contributed by atoms with E-state index in [0.717, 1.165) is 12.8 Å². The summed E-state index contributed by atoms with van der Waals surface area (Å²) in [4.78, 5) is 84.5. The van der Waals surface area contributed by atoms with Gasteiger partial charge in [0.1, 0.15) is 36.4 Å². The highest BCUT2D eigenvalue weighted by molar-refractivity contribution is 7.56. The second-order valence-electron chi connectivity index (χ2n) is 14.9. The molecule has 5 aromatic rings. The zero-order chi connectivity index (χ0) is 41.4. The maximum atomic E-state index is 14.0. The van der Waals surface area contributed by atoms with E-state index in [4.69, 9.17) is 25.5 Å². The Morgan fingerprint density at radius 1 is 0.879 bits per heavy atom. The van der Waals surface area contributed by atoms with Crippen molar-refractivity contribution >= 4 is 71.4 Å². The molecule has 0 aliphatic carbocycles. The Hall–Kier alpha value is -5.73. The Balaban J connectivity index is 1.13. The van der Waals surface area contributed by atoms with Crippen LogP contribution in [0.3, 0.4) is 0 Å². The molecule has 4 amide bonds. The third-order valence-electron chi connectivity index (χ3n) is 10.8. The molecule has 2 saturated heterocycles. The third kappa shape index (κ3) is 7.78. The van der Waals surface area contributed by atoms with E-state index in [9.17, 15) is 24.0 Å². The van der Waals surface area contributed by atoms with Crippen LogP contribution in [-0.4, -0.2) is 106 Å². The first kappa shape index (κ1) is 40.5. The predicted octanol–water partition coefficient (Wildman–Crippen LogP) is 6.31. The number of hydrogen-bond acceptors (Lipinski definition) is 10. The summed E-state index contributed by atoms with van der Waals surface area (Å²) in [6.07, 6.45) is 8.88. The Morgan fingerprint density at radius 2 is 1.47 bits per heavy atom. The van der Waals surface area contributed by atoms with E-state index in [2.05, 4.69) is 36.9 Å². The van der Waals surface area contributed by atoms with Crippen molar-refractivity contribution in [1.82, 2.24) is 40.4 Å². The molecule has 16 nitrogen and oxygen atoms in total. The lowest BCUT2D eigenvalue weighted by atomic mass is 10.0. The van der Waals surface area contributed by atoms with Gasteiger partial charge >= 0.3 is 12.2 Å². The maximum absolute atomic E-state index is 14.0. The van der Waals surface area contributed by atoms with E-state index in [0.29, 0.717) is 87.1 Å². The minimum atomic E-state index is -1.10. The maximum Gasteiger partial charge on any atom is 0.410 e. The molecule has 5 atom stereocenters. The summed E-state index contributed by atoms with van der Waals surface area (Å²) in [6, 6.07) is 7.14. The molecular weight excluding hydrogens is 787 g/mol. The van der Waals surface area contributed by atoms with Crippen LogP contribution < -0.4 is 16.1 Å². The molecule has 2 aliphatic heterocycles. The van der Waals surface area contributed by atoms with Gasteiger partial charge in [-0.1, -0.05) is 25.4 Å². The number of carbonyl (C=O) groups is 4. The van der Waals surface area contributed by atoms with Gasteiger partial charge in [0.15, 0.2) is 0 Å². The molecule has 3 aromatic heterocycles. The average molecular weight is 832 g/mol. The highest BCUT2D eigenvalue weighted by atomic mass is 35.5. The number of imidazole rings is 2. The first-order valence-electron chi connectivity index (χ1n) is 18.9. The number of H-pyrrole nitrogens is 2. The van der Waals surface area contributed by atoms with Crippen LogP contribution in [0.1, 0.15) is 63.3 Å². The molecule has 4 N–H and O–H groups in total. The zero-order valence-electron chi connectivity index (χ0n) is 32.8. The molecule has 0 spiro atoms. The van der Waals surface area contributed by atoms with Crippen LogP contribution in [0.4, 0.5) is 9.59 Å². The minimum Gasteiger partial charge on any atom is -0.456 e. The van der Waals surface area contributed by atoms with Gasteiger partial charge in [-0.3, -0.25) is 19.7 Å². The van der Waals surface area contributed by atoms with Gasteiger partial charge in [-0.25, -0.2) is 19.6 Å². The smallest absolute Gasteiger partial charge is 0.410 e. The highest BCUT2D eigenvalue weighted by Crippen LogP contribution is 2.37. The van der Waals surface area contributed by atoms with Crippen molar-refractivity contribution < 1.29 is 33.1 Å². The fourth-order valence-electron chi connectivity index (χ4n) is 7.74. The van der Waals surface area contributed by atoms with E-state index in [-0.39, 0.29) is 35.2 Å². The van der Waals surface area contributed by atoms with E-state index in [1.807, 2.05) is 26.6 Å². The fraction of sp³-hybridized carbons (Fsp3) is 0.400. The number of benzene rings is 2. The molecule has 58 heavy (non-hydrogen) atoms. The van der Waals surface area contributed by atoms with Gasteiger partial charge in [0, 0.05) is 24.2 Å². The van der Waals surface area contributed by atoms with Crippen LogP contribution >= 0.6 is 19.1 Å². The number of aromatic amines is 2. The summed E-state index contributed by atoms with van der Waals surface area (Å²) >= 11 is 6.83. The molecule has 18 heteroatoms. The topological polar surface area (TPSA) is 205 Å². The molecular formula is C40H45ClN8O8P+. The molecule has 0 saturated carbocycles. The second kappa shape index (κ2) is 16.6. The van der Waals surface area contributed by atoms with Crippen LogP contribution in [0.25, 0.3) is 44.5 Å². The largest absolute Gasteiger partial charge is 0.456 e. The van der Waals surface area contributed by atoms with E-state index < -0.39 is 31.6 Å². The van der Waals surface area contributed by atoms with Crippen molar-refractivity contribution in [2.45, 2.75) is 63.4 Å². The van der Waals surface area contributed by atoms with Gasteiger partial charge in [-0.2, -0.15) is 0 Å². The summed E-state index contributed by atoms with van der Waals surface area (Å²) in [6.45, 7) is 6.56. The lowest BCUT2D eigenvalue weighted by Gasteiger charge is -2.30. The van der Waals surface area contributed by atoms with Crippen LogP contribution in [0.2, 0.25) is 5.02 Å². The number of likely N-dealkylation sites (tertiary alicyclic amines) is 2. The van der Waals surface area contributed by atoms with Gasteiger partial charge in [0.25, 0.3) is 11.7 Å². The van der Waals surface area contributed by atoms with Gasteiger partial charge in [-0.05, 0) is 61.9 Å². The van der Waals surface area contributed by atoms with Crippen molar-refractivity contribution in [2.75, 3.05) is 34.0 Å². The average Bonchev–Trinajstić information content (AvgIpc) is 4.05. The molecule has 5 unspecified atom stereocenters. The van der Waals surface area contributed by atoms with Gasteiger partial charge in [0.2, 0.25) is 11.3 Å². The number of nitrogens with one attached hydrogen (secondary N) is 4. The summed E-state index contributed by atoms with van der Waals surface area (Å²) in [7, 11) is 1.41. The number of rotatable bonds is 10. The summed E-state index contributed by atoms with van der Waals surface area (Å²) < 4.78 is 15.8. The molecule has 2 aromatic carbocycles. The highest BCUT2D eigenvalue weighted by Gasteiger charge is 2.41. The monoisotopic (exact) mass is 831 g/mol. The van der Waals surface area contributed by atoms with Crippen LogP contribution in [0, 0.1) is 5.92 Å². The van der Waals surface area contributed by atoms with E-state index in [1.165, 1.54) is 14.2 Å². The van der Waals surface area contributed by atoms with E-state index >= 15 is 0 Å². The van der Waals surface area contributed by atoms with Gasteiger partial charge in [0.05, 0.1) is 78.8 Å². The third-order valence-corrected chi connectivity index (χ3v) is 12.3. The molecule has 7 rings (SSSR count). The van der Waals surface area contributed by atoms with Crippen LogP contribution in [0.5, 0.6) is 0 Å². The Kier molecular flexibility index (Phi) is 11.6.